The van der Waals surface area contributed by atoms with Gasteiger partial charge in [0.25, 0.3) is 5.56 Å². The summed E-state index contributed by atoms with van der Waals surface area (Å²) < 4.78 is 0. The highest BCUT2D eigenvalue weighted by atomic mass is 16.1. The number of rotatable bonds is 2. The number of H-pyrrole nitrogens is 1. The van der Waals surface area contributed by atoms with Crippen molar-refractivity contribution < 1.29 is 0 Å². The number of nitrogens with one attached hydrogen (secondary N) is 1. The predicted molar refractivity (Wildman–Crippen MR) is 67.6 cm³/mol. The second kappa shape index (κ2) is 4.51. The van der Waals surface area contributed by atoms with E-state index in [4.69, 9.17) is 5.73 Å². The number of hydrogen-bond acceptors (Lipinski definition) is 3. The molecule has 4 heteroatoms. The van der Waals surface area contributed by atoms with Crippen molar-refractivity contribution in [1.29, 1.82) is 0 Å². The minimum absolute atomic E-state index is 0.133. The minimum Gasteiger partial charge on any atom is -0.322 e. The second-order valence-corrected chi connectivity index (χ2v) is 4.08. The Hall–Kier alpha value is -1.94. The Morgan fingerprint density at radius 2 is 1.94 bits per heavy atom. The minimum atomic E-state index is -0.286. The zero-order valence-electron chi connectivity index (χ0n) is 9.90. The summed E-state index contributed by atoms with van der Waals surface area (Å²) in [5, 5.41) is 0. The zero-order chi connectivity index (χ0) is 12.4. The molecule has 0 saturated heterocycles. The maximum absolute atomic E-state index is 11.8. The lowest BCUT2D eigenvalue weighted by Crippen LogP contribution is -2.20. The van der Waals surface area contributed by atoms with Gasteiger partial charge in [0.15, 0.2) is 0 Å². The molecule has 1 aromatic heterocycles. The summed E-state index contributed by atoms with van der Waals surface area (Å²) in [6.07, 6.45) is 0. The summed E-state index contributed by atoms with van der Waals surface area (Å²) in [7, 11) is 0. The first-order chi connectivity index (χ1) is 8.09. The monoisotopic (exact) mass is 229 g/mol. The van der Waals surface area contributed by atoms with Crippen molar-refractivity contribution in [2.45, 2.75) is 19.9 Å². The molecule has 0 spiro atoms. The van der Waals surface area contributed by atoms with Crippen LogP contribution in [0.4, 0.5) is 0 Å². The quantitative estimate of drug-likeness (QED) is 0.824. The van der Waals surface area contributed by atoms with Crippen molar-refractivity contribution in [2.24, 2.45) is 5.73 Å². The average molecular weight is 229 g/mol. The van der Waals surface area contributed by atoms with Crippen molar-refractivity contribution in [3.63, 3.8) is 0 Å². The molecule has 3 N–H and O–H groups in total. The van der Waals surface area contributed by atoms with Crippen LogP contribution in [-0.4, -0.2) is 9.97 Å². The third-order valence-corrected chi connectivity index (χ3v) is 2.65. The Morgan fingerprint density at radius 1 is 1.29 bits per heavy atom. The molecule has 4 nitrogen and oxygen atoms in total. The lowest BCUT2D eigenvalue weighted by molar-refractivity contribution is 0.732. The van der Waals surface area contributed by atoms with Gasteiger partial charge in [-0.3, -0.25) is 4.79 Å². The molecule has 0 saturated carbocycles. The molecule has 0 amide bonds. The van der Waals surface area contributed by atoms with Crippen LogP contribution in [0.15, 0.2) is 35.1 Å². The predicted octanol–water partition coefficient (Wildman–Crippen LogP) is 1.77. The third-order valence-electron chi connectivity index (χ3n) is 2.65. The second-order valence-electron chi connectivity index (χ2n) is 4.08. The average Bonchev–Trinajstić information content (AvgIpc) is 2.33. The molecule has 0 aliphatic heterocycles. The smallest absolute Gasteiger partial charge is 0.254 e. The molecule has 2 rings (SSSR count). The van der Waals surface area contributed by atoms with Crippen LogP contribution in [0, 0.1) is 6.92 Å². The first-order valence-electron chi connectivity index (χ1n) is 5.51. The summed E-state index contributed by atoms with van der Waals surface area (Å²) >= 11 is 0. The van der Waals surface area contributed by atoms with E-state index in [-0.39, 0.29) is 11.6 Å². The fourth-order valence-corrected chi connectivity index (χ4v) is 1.64. The first-order valence-corrected chi connectivity index (χ1v) is 5.51. The number of nitrogens with two attached hydrogens (primary N) is 1. The van der Waals surface area contributed by atoms with Gasteiger partial charge in [-0.1, -0.05) is 30.3 Å². The van der Waals surface area contributed by atoms with E-state index < -0.39 is 0 Å². The van der Waals surface area contributed by atoms with Crippen molar-refractivity contribution in [1.82, 2.24) is 9.97 Å². The van der Waals surface area contributed by atoms with Gasteiger partial charge < -0.3 is 10.7 Å². The SMILES string of the molecule is Cc1c(-c2ccccc2)nc(C(C)N)[nH]c1=O. The van der Waals surface area contributed by atoms with Crippen molar-refractivity contribution >= 4 is 0 Å². The number of nitrogens with zero attached hydrogens (tertiary/aromatic N) is 1. The highest BCUT2D eigenvalue weighted by Gasteiger charge is 2.11. The van der Waals surface area contributed by atoms with Gasteiger partial charge in [0, 0.05) is 11.1 Å². The fraction of sp³-hybridized carbons (Fsp3) is 0.231. The van der Waals surface area contributed by atoms with Crippen LogP contribution >= 0.6 is 0 Å². The molecule has 0 bridgehead atoms. The van der Waals surface area contributed by atoms with Crippen molar-refractivity contribution in [2.75, 3.05) is 0 Å². The van der Waals surface area contributed by atoms with Crippen LogP contribution in [0.25, 0.3) is 11.3 Å². The van der Waals surface area contributed by atoms with Gasteiger partial charge >= 0.3 is 0 Å². The van der Waals surface area contributed by atoms with E-state index in [1.54, 1.807) is 13.8 Å². The van der Waals surface area contributed by atoms with Gasteiger partial charge in [-0.05, 0) is 13.8 Å². The normalized spacial score (nSPS) is 12.4. The number of benzene rings is 1. The van der Waals surface area contributed by atoms with Gasteiger partial charge in [-0.15, -0.1) is 0 Å². The Morgan fingerprint density at radius 3 is 2.53 bits per heavy atom. The summed E-state index contributed by atoms with van der Waals surface area (Å²) in [6, 6.07) is 9.34. The highest BCUT2D eigenvalue weighted by Crippen LogP contribution is 2.19. The van der Waals surface area contributed by atoms with Crippen molar-refractivity contribution in [3.8, 4) is 11.3 Å². The van der Waals surface area contributed by atoms with Gasteiger partial charge in [0.05, 0.1) is 11.7 Å². The standard InChI is InChI=1S/C13H15N3O/c1-8-11(10-6-4-3-5-7-10)15-12(9(2)14)16-13(8)17/h3-7,9H,14H2,1-2H3,(H,15,16,17). The molecule has 0 aliphatic carbocycles. The van der Waals surface area contributed by atoms with Crippen LogP contribution in [0.1, 0.15) is 24.4 Å². The van der Waals surface area contributed by atoms with Crippen LogP contribution in [0.3, 0.4) is 0 Å². The summed E-state index contributed by atoms with van der Waals surface area (Å²) in [6.45, 7) is 3.56. The van der Waals surface area contributed by atoms with Crippen LogP contribution in [0.2, 0.25) is 0 Å². The molecular formula is C13H15N3O. The molecule has 1 atom stereocenters. The van der Waals surface area contributed by atoms with E-state index in [1.165, 1.54) is 0 Å². The molecular weight excluding hydrogens is 214 g/mol. The van der Waals surface area contributed by atoms with E-state index in [1.807, 2.05) is 30.3 Å². The van der Waals surface area contributed by atoms with Crippen LogP contribution in [0.5, 0.6) is 0 Å². The molecule has 2 aromatic rings. The maximum Gasteiger partial charge on any atom is 0.254 e. The Bertz CT molecular complexity index is 573. The molecule has 0 aliphatic rings. The van der Waals surface area contributed by atoms with E-state index in [2.05, 4.69) is 9.97 Å². The van der Waals surface area contributed by atoms with Crippen LogP contribution < -0.4 is 11.3 Å². The third kappa shape index (κ3) is 2.26. The van der Waals surface area contributed by atoms with Crippen LogP contribution in [-0.2, 0) is 0 Å². The molecule has 0 fully saturated rings. The first kappa shape index (κ1) is 11.5. The lowest BCUT2D eigenvalue weighted by Gasteiger charge is -2.09. The Labute approximate surface area is 99.5 Å². The summed E-state index contributed by atoms with van der Waals surface area (Å²) in [5.74, 6) is 0.513. The van der Waals surface area contributed by atoms with Crippen molar-refractivity contribution in [3.05, 3.63) is 52.1 Å². The van der Waals surface area contributed by atoms with E-state index in [9.17, 15) is 4.79 Å². The number of hydrogen-bond donors (Lipinski definition) is 2. The maximum atomic E-state index is 11.8. The topological polar surface area (TPSA) is 71.8 Å². The highest BCUT2D eigenvalue weighted by molar-refractivity contribution is 5.62. The summed E-state index contributed by atoms with van der Waals surface area (Å²) in [4.78, 5) is 18.9. The Balaban J connectivity index is 2.65. The fourth-order valence-electron chi connectivity index (χ4n) is 1.64. The Kier molecular flexibility index (Phi) is 3.06. The van der Waals surface area contributed by atoms with Gasteiger partial charge in [-0.2, -0.15) is 0 Å². The summed E-state index contributed by atoms with van der Waals surface area (Å²) in [5.41, 5.74) is 7.85. The number of aromatic amines is 1. The molecule has 0 radical (unpaired) electrons. The zero-order valence-corrected chi connectivity index (χ0v) is 9.90. The van der Waals surface area contributed by atoms with E-state index in [0.717, 1.165) is 5.56 Å². The molecule has 1 unspecified atom stereocenters. The van der Waals surface area contributed by atoms with Gasteiger partial charge in [0.2, 0.25) is 0 Å². The molecule has 1 heterocycles. The van der Waals surface area contributed by atoms with Gasteiger partial charge in [0.1, 0.15) is 5.82 Å². The van der Waals surface area contributed by atoms with Gasteiger partial charge in [-0.25, -0.2) is 4.98 Å². The molecule has 17 heavy (non-hydrogen) atoms. The van der Waals surface area contributed by atoms with E-state index in [0.29, 0.717) is 17.1 Å². The number of aromatic nitrogens is 2. The molecule has 88 valence electrons. The largest absolute Gasteiger partial charge is 0.322 e. The lowest BCUT2D eigenvalue weighted by atomic mass is 10.1. The van der Waals surface area contributed by atoms with E-state index >= 15 is 0 Å². The molecule has 1 aromatic carbocycles.